The molecule has 1 aromatic heterocycles. The van der Waals surface area contributed by atoms with Crippen LogP contribution in [0.15, 0.2) is 36.7 Å². The zero-order valence-electron chi connectivity index (χ0n) is 12.0. The molecular formula is C15H18Cl2N4O. The predicted octanol–water partition coefficient (Wildman–Crippen LogP) is 2.89. The van der Waals surface area contributed by atoms with Crippen LogP contribution in [0, 0.1) is 5.92 Å². The van der Waals surface area contributed by atoms with E-state index in [0.29, 0.717) is 5.02 Å². The number of hydrogen-bond acceptors (Lipinski definition) is 3. The number of carbonyl (C=O) groups is 1. The number of anilines is 1. The van der Waals surface area contributed by atoms with Crippen LogP contribution >= 0.6 is 24.0 Å². The lowest BCUT2D eigenvalue weighted by molar-refractivity contribution is -0.120. The summed E-state index contributed by atoms with van der Waals surface area (Å²) in [7, 11) is 0. The highest BCUT2D eigenvalue weighted by atomic mass is 35.5. The van der Waals surface area contributed by atoms with Gasteiger partial charge in [0.25, 0.3) is 0 Å². The van der Waals surface area contributed by atoms with Crippen molar-refractivity contribution in [3.63, 3.8) is 0 Å². The first-order valence-corrected chi connectivity index (χ1v) is 7.43. The molecule has 2 N–H and O–H groups in total. The molecule has 1 aliphatic rings. The summed E-state index contributed by atoms with van der Waals surface area (Å²) in [6.45, 7) is 1.80. The Labute approximate surface area is 140 Å². The molecule has 22 heavy (non-hydrogen) atoms. The first-order chi connectivity index (χ1) is 10.2. The van der Waals surface area contributed by atoms with Gasteiger partial charge < -0.3 is 10.6 Å². The lowest BCUT2D eigenvalue weighted by Crippen LogP contribution is -2.34. The Hall–Kier alpha value is -1.56. The molecule has 1 aromatic carbocycles. The zero-order chi connectivity index (χ0) is 14.7. The highest BCUT2D eigenvalue weighted by Gasteiger charge is 2.21. The van der Waals surface area contributed by atoms with E-state index in [2.05, 4.69) is 15.7 Å². The van der Waals surface area contributed by atoms with Gasteiger partial charge in [-0.2, -0.15) is 5.10 Å². The lowest BCUT2D eigenvalue weighted by Gasteiger charge is -2.21. The van der Waals surface area contributed by atoms with Crippen molar-refractivity contribution < 1.29 is 4.79 Å². The molecule has 1 saturated heterocycles. The summed E-state index contributed by atoms with van der Waals surface area (Å²) < 4.78 is 1.70. The average molecular weight is 341 g/mol. The third kappa shape index (κ3) is 3.80. The van der Waals surface area contributed by atoms with Gasteiger partial charge in [0.15, 0.2) is 0 Å². The maximum Gasteiger partial charge on any atom is 0.227 e. The Morgan fingerprint density at radius 2 is 2.14 bits per heavy atom. The maximum atomic E-state index is 12.2. The molecule has 0 spiro atoms. The van der Waals surface area contributed by atoms with Crippen molar-refractivity contribution >= 4 is 35.6 Å². The van der Waals surface area contributed by atoms with Gasteiger partial charge in [0.2, 0.25) is 5.91 Å². The Kier molecular flexibility index (Phi) is 5.83. The van der Waals surface area contributed by atoms with Crippen molar-refractivity contribution in [1.29, 1.82) is 0 Å². The number of nitrogens with one attached hydrogen (secondary N) is 2. The van der Waals surface area contributed by atoms with Gasteiger partial charge >= 0.3 is 0 Å². The van der Waals surface area contributed by atoms with Gasteiger partial charge in [-0.15, -0.1) is 12.4 Å². The van der Waals surface area contributed by atoms with E-state index < -0.39 is 0 Å². The van der Waals surface area contributed by atoms with E-state index in [0.717, 1.165) is 37.3 Å². The van der Waals surface area contributed by atoms with Crippen LogP contribution in [0.1, 0.15) is 12.8 Å². The SMILES string of the molecule is Cl.O=C(Nc1ccc(-n2cccn2)c(Cl)c1)C1CCNCC1. The fourth-order valence-corrected chi connectivity index (χ4v) is 2.78. The molecule has 0 unspecified atom stereocenters. The minimum Gasteiger partial charge on any atom is -0.326 e. The van der Waals surface area contributed by atoms with Crippen LogP contribution < -0.4 is 10.6 Å². The van der Waals surface area contributed by atoms with Crippen LogP contribution in [0.5, 0.6) is 0 Å². The quantitative estimate of drug-likeness (QED) is 0.903. The standard InChI is InChI=1S/C15H17ClN4O.ClH/c16-13-10-12(2-3-14(13)20-9-1-6-18-20)19-15(21)11-4-7-17-8-5-11;/h1-3,6,9-11,17H,4-5,7-8H2,(H,19,21);1H. The molecule has 7 heteroatoms. The van der Waals surface area contributed by atoms with Gasteiger partial charge in [-0.1, -0.05) is 11.6 Å². The van der Waals surface area contributed by atoms with Gasteiger partial charge in [0.1, 0.15) is 0 Å². The number of halogens is 2. The second-order valence-electron chi connectivity index (χ2n) is 5.13. The van der Waals surface area contributed by atoms with Crippen molar-refractivity contribution in [2.45, 2.75) is 12.8 Å². The normalized spacial score (nSPS) is 15.1. The van der Waals surface area contributed by atoms with Gasteiger partial charge in [0.05, 0.1) is 10.7 Å². The predicted molar refractivity (Wildman–Crippen MR) is 90.0 cm³/mol. The Morgan fingerprint density at radius 3 is 2.77 bits per heavy atom. The van der Waals surface area contributed by atoms with Crippen LogP contribution in [-0.4, -0.2) is 28.8 Å². The molecule has 2 heterocycles. The second kappa shape index (κ2) is 7.63. The molecular weight excluding hydrogens is 323 g/mol. The summed E-state index contributed by atoms with van der Waals surface area (Å²) in [6.07, 6.45) is 5.29. The average Bonchev–Trinajstić information content (AvgIpc) is 3.02. The zero-order valence-corrected chi connectivity index (χ0v) is 13.5. The highest BCUT2D eigenvalue weighted by molar-refractivity contribution is 6.32. The third-order valence-corrected chi connectivity index (χ3v) is 3.98. The van der Waals surface area contributed by atoms with E-state index >= 15 is 0 Å². The van der Waals surface area contributed by atoms with E-state index in [-0.39, 0.29) is 24.2 Å². The fraction of sp³-hybridized carbons (Fsp3) is 0.333. The Balaban J connectivity index is 0.00000176. The number of rotatable bonds is 3. The van der Waals surface area contributed by atoms with Crippen molar-refractivity contribution in [3.05, 3.63) is 41.7 Å². The maximum absolute atomic E-state index is 12.2. The molecule has 118 valence electrons. The minimum atomic E-state index is 0. The molecule has 1 amide bonds. The number of amides is 1. The van der Waals surface area contributed by atoms with Crippen molar-refractivity contribution in [1.82, 2.24) is 15.1 Å². The molecule has 1 fully saturated rings. The topological polar surface area (TPSA) is 59.0 Å². The number of piperidine rings is 1. The molecule has 0 aliphatic carbocycles. The van der Waals surface area contributed by atoms with Gasteiger partial charge in [-0.3, -0.25) is 4.79 Å². The monoisotopic (exact) mass is 340 g/mol. The van der Waals surface area contributed by atoms with Crippen molar-refractivity contribution in [2.75, 3.05) is 18.4 Å². The van der Waals surface area contributed by atoms with Gasteiger partial charge in [-0.05, 0) is 50.2 Å². The number of benzene rings is 1. The summed E-state index contributed by atoms with van der Waals surface area (Å²) in [5.74, 6) is 0.148. The van der Waals surface area contributed by atoms with E-state index in [9.17, 15) is 4.79 Å². The Morgan fingerprint density at radius 1 is 1.36 bits per heavy atom. The fourth-order valence-electron chi connectivity index (χ4n) is 2.51. The largest absolute Gasteiger partial charge is 0.326 e. The molecule has 3 rings (SSSR count). The van der Waals surface area contributed by atoms with Crippen LogP contribution in [0.2, 0.25) is 5.02 Å². The number of aromatic nitrogens is 2. The summed E-state index contributed by atoms with van der Waals surface area (Å²) in [5.41, 5.74) is 1.51. The summed E-state index contributed by atoms with van der Waals surface area (Å²) >= 11 is 6.27. The van der Waals surface area contributed by atoms with Crippen LogP contribution in [0.25, 0.3) is 5.69 Å². The summed E-state index contributed by atoms with van der Waals surface area (Å²) in [4.78, 5) is 12.2. The molecule has 0 saturated carbocycles. The first-order valence-electron chi connectivity index (χ1n) is 7.05. The van der Waals surface area contributed by atoms with Gasteiger partial charge in [-0.25, -0.2) is 4.68 Å². The number of hydrogen-bond donors (Lipinski definition) is 2. The first kappa shape index (κ1) is 16.8. The highest BCUT2D eigenvalue weighted by Crippen LogP contribution is 2.24. The van der Waals surface area contributed by atoms with Crippen LogP contribution in [0.4, 0.5) is 5.69 Å². The number of carbonyl (C=O) groups excluding carboxylic acids is 1. The number of nitrogens with zero attached hydrogens (tertiary/aromatic N) is 2. The lowest BCUT2D eigenvalue weighted by atomic mass is 9.97. The van der Waals surface area contributed by atoms with E-state index in [1.807, 2.05) is 24.4 Å². The smallest absolute Gasteiger partial charge is 0.227 e. The molecule has 2 aromatic rings. The van der Waals surface area contributed by atoms with E-state index in [1.165, 1.54) is 0 Å². The molecule has 1 aliphatic heterocycles. The molecule has 0 atom stereocenters. The second-order valence-corrected chi connectivity index (χ2v) is 5.54. The van der Waals surface area contributed by atoms with Crippen molar-refractivity contribution in [3.8, 4) is 5.69 Å². The summed E-state index contributed by atoms with van der Waals surface area (Å²) in [5, 5.41) is 10.9. The molecule has 0 radical (unpaired) electrons. The molecule has 0 bridgehead atoms. The molecule has 5 nitrogen and oxygen atoms in total. The Bertz CT molecular complexity index is 624. The van der Waals surface area contributed by atoms with Crippen LogP contribution in [-0.2, 0) is 4.79 Å². The van der Waals surface area contributed by atoms with Gasteiger partial charge in [0, 0.05) is 24.0 Å². The minimum absolute atomic E-state index is 0. The summed E-state index contributed by atoms with van der Waals surface area (Å²) in [6, 6.07) is 7.30. The van der Waals surface area contributed by atoms with Crippen LogP contribution in [0.3, 0.4) is 0 Å². The van der Waals surface area contributed by atoms with Crippen molar-refractivity contribution in [2.24, 2.45) is 5.92 Å². The van der Waals surface area contributed by atoms with E-state index in [4.69, 9.17) is 11.6 Å². The van der Waals surface area contributed by atoms with E-state index in [1.54, 1.807) is 16.9 Å². The third-order valence-electron chi connectivity index (χ3n) is 3.68.